The van der Waals surface area contributed by atoms with E-state index in [1.54, 1.807) is 0 Å². The maximum absolute atomic E-state index is 5.22. The number of nitrogens with one attached hydrogen (secondary N) is 2. The van der Waals surface area contributed by atoms with Gasteiger partial charge in [0.2, 0.25) is 0 Å². The lowest BCUT2D eigenvalue weighted by Gasteiger charge is -2.28. The highest BCUT2D eigenvalue weighted by Crippen LogP contribution is 1.92. The summed E-state index contributed by atoms with van der Waals surface area (Å²) in [6.45, 7) is 8.92. The minimum Gasteiger partial charge on any atom is -0.379 e. The van der Waals surface area contributed by atoms with Gasteiger partial charge in [-0.15, -0.1) is 6.58 Å². The second-order valence-electron chi connectivity index (χ2n) is 3.21. The van der Waals surface area contributed by atoms with Gasteiger partial charge < -0.3 is 10.1 Å². The molecule has 0 saturated carbocycles. The van der Waals surface area contributed by atoms with Crippen LogP contribution < -0.4 is 10.7 Å². The van der Waals surface area contributed by atoms with Gasteiger partial charge in [0.05, 0.1) is 13.2 Å². The lowest BCUT2D eigenvalue weighted by atomic mass is 10.3. The van der Waals surface area contributed by atoms with Crippen molar-refractivity contribution < 1.29 is 4.74 Å². The Kier molecular flexibility index (Phi) is 4.86. The van der Waals surface area contributed by atoms with Crippen LogP contribution in [0, 0.1) is 0 Å². The second-order valence-corrected chi connectivity index (χ2v) is 3.62. The van der Waals surface area contributed by atoms with E-state index in [9.17, 15) is 0 Å². The minimum absolute atomic E-state index is 0.191. The van der Waals surface area contributed by atoms with Crippen LogP contribution in [-0.2, 0) is 4.74 Å². The van der Waals surface area contributed by atoms with E-state index in [0.29, 0.717) is 5.11 Å². The predicted octanol–water partition coefficient (Wildman–Crippen LogP) is 0.272. The van der Waals surface area contributed by atoms with Gasteiger partial charge in [0.1, 0.15) is 0 Å². The molecule has 1 atom stereocenters. The molecule has 2 N–H and O–H groups in total. The van der Waals surface area contributed by atoms with Gasteiger partial charge >= 0.3 is 0 Å². The summed E-state index contributed by atoms with van der Waals surface area (Å²) < 4.78 is 5.22. The van der Waals surface area contributed by atoms with Gasteiger partial charge in [0.15, 0.2) is 5.11 Å². The molecule has 0 spiro atoms. The van der Waals surface area contributed by atoms with Gasteiger partial charge in [-0.2, -0.15) is 0 Å². The van der Waals surface area contributed by atoms with Crippen LogP contribution in [0.3, 0.4) is 0 Å². The summed E-state index contributed by atoms with van der Waals surface area (Å²) in [6.07, 6.45) is 1.81. The topological polar surface area (TPSA) is 36.5 Å². The molecule has 1 fully saturated rings. The third-order valence-electron chi connectivity index (χ3n) is 1.98. The van der Waals surface area contributed by atoms with Crippen LogP contribution in [0.4, 0.5) is 0 Å². The van der Waals surface area contributed by atoms with Crippen LogP contribution in [-0.4, -0.2) is 42.5 Å². The minimum atomic E-state index is 0.191. The molecule has 1 aliphatic heterocycles. The molecule has 4 nitrogen and oxygen atoms in total. The number of hydrogen-bond donors (Lipinski definition) is 2. The summed E-state index contributed by atoms with van der Waals surface area (Å²) in [4.78, 5) is 0. The fourth-order valence-corrected chi connectivity index (χ4v) is 1.43. The quantitative estimate of drug-likeness (QED) is 0.522. The van der Waals surface area contributed by atoms with Crippen LogP contribution in [0.25, 0.3) is 0 Å². The first-order valence-corrected chi connectivity index (χ1v) is 5.15. The summed E-state index contributed by atoms with van der Waals surface area (Å²) in [5.41, 5.74) is 3.11. The molecule has 5 heteroatoms. The first kappa shape index (κ1) is 11.4. The van der Waals surface area contributed by atoms with Gasteiger partial charge in [-0.05, 0) is 19.1 Å². The molecule has 1 aliphatic rings. The molecule has 0 aromatic rings. The summed E-state index contributed by atoms with van der Waals surface area (Å²) in [5, 5.41) is 5.79. The Balaban J connectivity index is 2.21. The van der Waals surface area contributed by atoms with Crippen molar-refractivity contribution in [3.05, 3.63) is 12.7 Å². The third-order valence-corrected chi connectivity index (χ3v) is 2.19. The van der Waals surface area contributed by atoms with Crippen molar-refractivity contribution in [1.29, 1.82) is 0 Å². The smallest absolute Gasteiger partial charge is 0.181 e. The van der Waals surface area contributed by atoms with E-state index in [1.165, 1.54) is 0 Å². The maximum Gasteiger partial charge on any atom is 0.181 e. The van der Waals surface area contributed by atoms with Crippen molar-refractivity contribution in [2.45, 2.75) is 13.0 Å². The fraction of sp³-hybridized carbons (Fsp3) is 0.667. The van der Waals surface area contributed by atoms with E-state index in [-0.39, 0.29) is 6.04 Å². The zero-order chi connectivity index (χ0) is 10.4. The lowest BCUT2D eigenvalue weighted by Crippen LogP contribution is -2.52. The highest BCUT2D eigenvalue weighted by Gasteiger charge is 2.11. The molecule has 0 aromatic carbocycles. The number of morpholine rings is 1. The van der Waals surface area contributed by atoms with E-state index in [1.807, 2.05) is 13.0 Å². The summed E-state index contributed by atoms with van der Waals surface area (Å²) in [6, 6.07) is 0.191. The summed E-state index contributed by atoms with van der Waals surface area (Å²) in [7, 11) is 0. The van der Waals surface area contributed by atoms with Crippen LogP contribution in [0.2, 0.25) is 0 Å². The van der Waals surface area contributed by atoms with Crippen LogP contribution in [0.5, 0.6) is 0 Å². The van der Waals surface area contributed by atoms with E-state index in [2.05, 4.69) is 22.3 Å². The van der Waals surface area contributed by atoms with Gasteiger partial charge in [0.25, 0.3) is 0 Å². The molecule has 1 rings (SSSR count). The molecule has 0 aliphatic carbocycles. The Labute approximate surface area is 90.3 Å². The molecule has 1 saturated heterocycles. The molecule has 0 unspecified atom stereocenters. The first-order chi connectivity index (χ1) is 6.72. The zero-order valence-corrected chi connectivity index (χ0v) is 9.27. The Bertz CT molecular complexity index is 204. The van der Waals surface area contributed by atoms with Crippen molar-refractivity contribution in [3.63, 3.8) is 0 Å². The first-order valence-electron chi connectivity index (χ1n) is 4.75. The number of hydrogen-bond acceptors (Lipinski definition) is 3. The Morgan fingerprint density at radius 3 is 2.79 bits per heavy atom. The van der Waals surface area contributed by atoms with Crippen molar-refractivity contribution in [3.8, 4) is 0 Å². The summed E-state index contributed by atoms with van der Waals surface area (Å²) in [5.74, 6) is 0. The van der Waals surface area contributed by atoms with Gasteiger partial charge in [-0.1, -0.05) is 6.08 Å². The van der Waals surface area contributed by atoms with Gasteiger partial charge in [-0.25, -0.2) is 5.01 Å². The highest BCUT2D eigenvalue weighted by atomic mass is 32.1. The number of rotatable bonds is 3. The average molecular weight is 215 g/mol. The van der Waals surface area contributed by atoms with Crippen molar-refractivity contribution in [1.82, 2.24) is 15.8 Å². The Morgan fingerprint density at radius 2 is 2.21 bits per heavy atom. The second kappa shape index (κ2) is 5.95. The highest BCUT2D eigenvalue weighted by molar-refractivity contribution is 7.80. The fourth-order valence-electron chi connectivity index (χ4n) is 1.12. The van der Waals surface area contributed by atoms with Gasteiger partial charge in [0, 0.05) is 19.1 Å². The number of hydrazine groups is 1. The molecule has 14 heavy (non-hydrogen) atoms. The molecular formula is C9H17N3OS. The number of nitrogens with zero attached hydrogens (tertiary/aromatic N) is 1. The molecule has 80 valence electrons. The predicted molar refractivity (Wildman–Crippen MR) is 60.9 cm³/mol. The SMILES string of the molecule is C=C[C@@H](C)NC(=S)NN1CCOCC1. The van der Waals surface area contributed by atoms with Crippen molar-refractivity contribution in [2.24, 2.45) is 0 Å². The van der Waals surface area contributed by atoms with E-state index in [4.69, 9.17) is 17.0 Å². The number of ether oxygens (including phenoxy) is 1. The number of thiocarbonyl (C=S) groups is 1. The maximum atomic E-state index is 5.22. The molecule has 0 aromatic heterocycles. The summed E-state index contributed by atoms with van der Waals surface area (Å²) >= 11 is 5.12. The van der Waals surface area contributed by atoms with E-state index in [0.717, 1.165) is 26.3 Å². The molecule has 0 radical (unpaired) electrons. The average Bonchev–Trinajstić information content (AvgIpc) is 2.19. The van der Waals surface area contributed by atoms with Crippen LogP contribution in [0.1, 0.15) is 6.92 Å². The van der Waals surface area contributed by atoms with E-state index < -0.39 is 0 Å². The lowest BCUT2D eigenvalue weighted by molar-refractivity contribution is 0.0246. The van der Waals surface area contributed by atoms with Crippen LogP contribution in [0.15, 0.2) is 12.7 Å². The monoisotopic (exact) mass is 215 g/mol. The van der Waals surface area contributed by atoms with Gasteiger partial charge in [-0.3, -0.25) is 5.43 Å². The largest absolute Gasteiger partial charge is 0.379 e. The molecule has 0 bridgehead atoms. The molecular weight excluding hydrogens is 198 g/mol. The van der Waals surface area contributed by atoms with E-state index >= 15 is 0 Å². The molecule has 1 heterocycles. The Morgan fingerprint density at radius 1 is 1.57 bits per heavy atom. The normalized spacial score (nSPS) is 19.8. The zero-order valence-electron chi connectivity index (χ0n) is 8.45. The third kappa shape index (κ3) is 4.04. The van der Waals surface area contributed by atoms with Crippen LogP contribution >= 0.6 is 12.2 Å². The van der Waals surface area contributed by atoms with Crippen molar-refractivity contribution in [2.75, 3.05) is 26.3 Å². The molecule has 0 amide bonds. The standard InChI is InChI=1S/C9H17N3OS/c1-3-8(2)10-9(14)11-12-4-6-13-7-5-12/h3,8H,1,4-7H2,2H3,(H2,10,11,14)/t8-/m1/s1. The Hall–Kier alpha value is -0.650. The van der Waals surface area contributed by atoms with Crippen molar-refractivity contribution >= 4 is 17.3 Å².